The summed E-state index contributed by atoms with van der Waals surface area (Å²) in [6.45, 7) is 2.73. The Kier molecular flexibility index (Phi) is 3.10. The maximum atomic E-state index is 9.65. The van der Waals surface area contributed by atoms with E-state index in [0.29, 0.717) is 5.75 Å². The van der Waals surface area contributed by atoms with E-state index in [9.17, 15) is 5.11 Å². The molecule has 0 aliphatic heterocycles. The molecule has 82 valence electrons. The lowest BCUT2D eigenvalue weighted by Crippen LogP contribution is -1.99. The number of phenols is 1. The van der Waals surface area contributed by atoms with E-state index in [2.05, 4.69) is 17.4 Å². The minimum absolute atomic E-state index is 0.293. The van der Waals surface area contributed by atoms with Crippen LogP contribution in [0, 0.1) is 6.92 Å². The summed E-state index contributed by atoms with van der Waals surface area (Å²) >= 11 is 0. The Bertz CT molecular complexity index is 465. The summed E-state index contributed by atoms with van der Waals surface area (Å²) in [4.78, 5) is 0. The quantitative estimate of drug-likeness (QED) is 0.767. The van der Waals surface area contributed by atoms with Crippen LogP contribution in [0.3, 0.4) is 0 Å². The molecule has 2 aromatic carbocycles. The zero-order chi connectivity index (χ0) is 11.4. The SMILES string of the molecule is Cc1ccc(O)c(NCc2ccccc2)c1. The van der Waals surface area contributed by atoms with Gasteiger partial charge in [0.1, 0.15) is 5.75 Å². The van der Waals surface area contributed by atoms with Crippen molar-refractivity contribution in [1.82, 2.24) is 0 Å². The summed E-state index contributed by atoms with van der Waals surface area (Å²) in [5.74, 6) is 0.293. The highest BCUT2D eigenvalue weighted by atomic mass is 16.3. The Balaban J connectivity index is 2.08. The number of aryl methyl sites for hydroxylation is 1. The molecular formula is C14H15NO. The number of aromatic hydroxyl groups is 1. The summed E-state index contributed by atoms with van der Waals surface area (Å²) in [6, 6.07) is 15.7. The molecule has 0 radical (unpaired) electrons. The van der Waals surface area contributed by atoms with Crippen LogP contribution in [-0.2, 0) is 6.54 Å². The van der Waals surface area contributed by atoms with Crippen LogP contribution in [0.4, 0.5) is 5.69 Å². The number of hydrogen-bond donors (Lipinski definition) is 2. The Hall–Kier alpha value is -1.96. The molecule has 0 unspecified atom stereocenters. The van der Waals surface area contributed by atoms with Gasteiger partial charge in [-0.2, -0.15) is 0 Å². The molecule has 0 saturated heterocycles. The normalized spacial score (nSPS) is 10.1. The van der Waals surface area contributed by atoms with Gasteiger partial charge < -0.3 is 10.4 Å². The van der Waals surface area contributed by atoms with Crippen LogP contribution in [0.25, 0.3) is 0 Å². The highest BCUT2D eigenvalue weighted by molar-refractivity contribution is 5.57. The number of benzene rings is 2. The molecule has 0 aliphatic carbocycles. The second-order valence-corrected chi connectivity index (χ2v) is 3.86. The molecule has 0 amide bonds. The van der Waals surface area contributed by atoms with Crippen LogP contribution in [0.5, 0.6) is 5.75 Å². The molecule has 2 heteroatoms. The smallest absolute Gasteiger partial charge is 0.138 e. The molecular weight excluding hydrogens is 198 g/mol. The third-order valence-corrected chi connectivity index (χ3v) is 2.48. The van der Waals surface area contributed by atoms with Crippen LogP contribution in [0.2, 0.25) is 0 Å². The van der Waals surface area contributed by atoms with Gasteiger partial charge in [0.15, 0.2) is 0 Å². The second kappa shape index (κ2) is 4.71. The first kappa shape index (κ1) is 10.6. The molecule has 2 N–H and O–H groups in total. The van der Waals surface area contributed by atoms with Crippen LogP contribution in [0.1, 0.15) is 11.1 Å². The van der Waals surface area contributed by atoms with E-state index in [1.54, 1.807) is 6.07 Å². The fourth-order valence-corrected chi connectivity index (χ4v) is 1.58. The van der Waals surface area contributed by atoms with Gasteiger partial charge in [0.2, 0.25) is 0 Å². The van der Waals surface area contributed by atoms with Crippen molar-refractivity contribution in [3.05, 3.63) is 59.7 Å². The standard InChI is InChI=1S/C14H15NO/c1-11-7-8-14(16)13(9-11)15-10-12-5-3-2-4-6-12/h2-9,15-16H,10H2,1H3. The minimum Gasteiger partial charge on any atom is -0.506 e. The monoisotopic (exact) mass is 213 g/mol. The Labute approximate surface area is 95.6 Å². The van der Waals surface area contributed by atoms with Crippen molar-refractivity contribution >= 4 is 5.69 Å². The van der Waals surface area contributed by atoms with Gasteiger partial charge in [-0.05, 0) is 30.2 Å². The summed E-state index contributed by atoms with van der Waals surface area (Å²) < 4.78 is 0. The van der Waals surface area contributed by atoms with Gasteiger partial charge in [-0.1, -0.05) is 36.4 Å². The van der Waals surface area contributed by atoms with Crippen molar-refractivity contribution in [2.45, 2.75) is 13.5 Å². The van der Waals surface area contributed by atoms with Crippen molar-refractivity contribution in [3.8, 4) is 5.75 Å². The lowest BCUT2D eigenvalue weighted by Gasteiger charge is -2.09. The maximum absolute atomic E-state index is 9.65. The van der Waals surface area contributed by atoms with Crippen molar-refractivity contribution in [3.63, 3.8) is 0 Å². The lowest BCUT2D eigenvalue weighted by molar-refractivity contribution is 0.477. The fraction of sp³-hybridized carbons (Fsp3) is 0.143. The van der Waals surface area contributed by atoms with Crippen molar-refractivity contribution < 1.29 is 5.11 Å². The van der Waals surface area contributed by atoms with Crippen LogP contribution >= 0.6 is 0 Å². The number of anilines is 1. The maximum Gasteiger partial charge on any atom is 0.138 e. The van der Waals surface area contributed by atoms with Gasteiger partial charge in [-0.25, -0.2) is 0 Å². The molecule has 0 spiro atoms. The summed E-state index contributed by atoms with van der Waals surface area (Å²) in [6.07, 6.45) is 0. The predicted molar refractivity (Wildman–Crippen MR) is 66.6 cm³/mol. The zero-order valence-corrected chi connectivity index (χ0v) is 9.27. The fourth-order valence-electron chi connectivity index (χ4n) is 1.58. The lowest BCUT2D eigenvalue weighted by atomic mass is 10.2. The molecule has 0 aliphatic rings. The van der Waals surface area contributed by atoms with E-state index in [4.69, 9.17) is 0 Å². The molecule has 0 saturated carbocycles. The molecule has 0 atom stereocenters. The van der Waals surface area contributed by atoms with Gasteiger partial charge in [0, 0.05) is 6.54 Å². The first-order valence-electron chi connectivity index (χ1n) is 5.33. The molecule has 2 rings (SSSR count). The van der Waals surface area contributed by atoms with E-state index in [1.165, 1.54) is 5.56 Å². The molecule has 0 fully saturated rings. The van der Waals surface area contributed by atoms with E-state index < -0.39 is 0 Å². The average Bonchev–Trinajstić information content (AvgIpc) is 2.32. The highest BCUT2D eigenvalue weighted by Crippen LogP contribution is 2.24. The molecule has 0 bridgehead atoms. The van der Waals surface area contributed by atoms with Crippen molar-refractivity contribution in [2.24, 2.45) is 0 Å². The van der Waals surface area contributed by atoms with Crippen LogP contribution in [0.15, 0.2) is 48.5 Å². The second-order valence-electron chi connectivity index (χ2n) is 3.86. The minimum atomic E-state index is 0.293. The summed E-state index contributed by atoms with van der Waals surface area (Å²) in [5.41, 5.74) is 3.11. The van der Waals surface area contributed by atoms with E-state index in [0.717, 1.165) is 17.8 Å². The molecule has 16 heavy (non-hydrogen) atoms. The first-order valence-corrected chi connectivity index (χ1v) is 5.33. The van der Waals surface area contributed by atoms with E-state index >= 15 is 0 Å². The Morgan fingerprint density at radius 2 is 1.81 bits per heavy atom. The van der Waals surface area contributed by atoms with Gasteiger partial charge in [0.05, 0.1) is 5.69 Å². The largest absolute Gasteiger partial charge is 0.506 e. The van der Waals surface area contributed by atoms with Crippen LogP contribution in [-0.4, -0.2) is 5.11 Å². The number of nitrogens with one attached hydrogen (secondary N) is 1. The third-order valence-electron chi connectivity index (χ3n) is 2.48. The Morgan fingerprint density at radius 1 is 1.06 bits per heavy atom. The molecule has 2 aromatic rings. The zero-order valence-electron chi connectivity index (χ0n) is 9.27. The third kappa shape index (κ3) is 2.54. The predicted octanol–water partition coefficient (Wildman–Crippen LogP) is 3.31. The molecule has 2 nitrogen and oxygen atoms in total. The van der Waals surface area contributed by atoms with Crippen molar-refractivity contribution in [1.29, 1.82) is 0 Å². The van der Waals surface area contributed by atoms with Gasteiger partial charge in [-0.15, -0.1) is 0 Å². The number of hydrogen-bond acceptors (Lipinski definition) is 2. The Morgan fingerprint density at radius 3 is 2.56 bits per heavy atom. The highest BCUT2D eigenvalue weighted by Gasteiger charge is 2.00. The summed E-state index contributed by atoms with van der Waals surface area (Å²) in [7, 11) is 0. The molecule has 0 aromatic heterocycles. The first-order chi connectivity index (χ1) is 7.75. The topological polar surface area (TPSA) is 32.3 Å². The van der Waals surface area contributed by atoms with Crippen molar-refractivity contribution in [2.75, 3.05) is 5.32 Å². The summed E-state index contributed by atoms with van der Waals surface area (Å²) in [5, 5.41) is 12.9. The van der Waals surface area contributed by atoms with Gasteiger partial charge in [-0.3, -0.25) is 0 Å². The average molecular weight is 213 g/mol. The van der Waals surface area contributed by atoms with Gasteiger partial charge >= 0.3 is 0 Å². The van der Waals surface area contributed by atoms with E-state index in [1.807, 2.05) is 37.3 Å². The number of phenolic OH excluding ortho intramolecular Hbond substituents is 1. The van der Waals surface area contributed by atoms with Gasteiger partial charge in [0.25, 0.3) is 0 Å². The van der Waals surface area contributed by atoms with Crippen LogP contribution < -0.4 is 5.32 Å². The number of rotatable bonds is 3. The molecule has 0 heterocycles. The van der Waals surface area contributed by atoms with E-state index in [-0.39, 0.29) is 0 Å².